The molecule has 1 aromatic heterocycles. The zero-order valence-corrected chi connectivity index (χ0v) is 15.8. The number of pyridine rings is 1. The molecule has 27 heavy (non-hydrogen) atoms. The normalized spacial score (nSPS) is 15.3. The number of thioether (sulfide) groups is 1. The molecule has 1 N–H and O–H groups in total. The molecule has 0 radical (unpaired) electrons. The highest BCUT2D eigenvalue weighted by Crippen LogP contribution is 2.31. The minimum Gasteiger partial charge on any atom is -0.456 e. The number of ether oxygens (including phenoxy) is 1. The number of nitrogens with zero attached hydrogens (tertiary/aromatic N) is 2. The number of hydrogen-bond acceptors (Lipinski definition) is 7. The van der Waals surface area contributed by atoms with E-state index in [1.54, 1.807) is 30.6 Å². The maximum Gasteiger partial charge on any atom is 0.306 e. The third-order valence-corrected chi connectivity index (χ3v) is 4.52. The molecule has 3 amide bonds. The van der Waals surface area contributed by atoms with Crippen molar-refractivity contribution in [1.82, 2.24) is 15.2 Å². The van der Waals surface area contributed by atoms with Gasteiger partial charge in [-0.05, 0) is 35.9 Å². The largest absolute Gasteiger partial charge is 0.456 e. The number of imide groups is 1. The smallest absolute Gasteiger partial charge is 0.306 e. The van der Waals surface area contributed by atoms with Crippen molar-refractivity contribution in [3.8, 4) is 0 Å². The second-order valence-corrected chi connectivity index (χ2v) is 6.73. The Morgan fingerprint density at radius 2 is 2.19 bits per heavy atom. The van der Waals surface area contributed by atoms with Crippen molar-refractivity contribution >= 4 is 40.9 Å². The van der Waals surface area contributed by atoms with Crippen molar-refractivity contribution < 1.29 is 23.9 Å². The van der Waals surface area contributed by atoms with E-state index in [2.05, 4.69) is 10.3 Å². The summed E-state index contributed by atoms with van der Waals surface area (Å²) in [6.45, 7) is 1.72. The molecule has 0 atom stereocenters. The lowest BCUT2D eigenvalue weighted by Crippen LogP contribution is -2.38. The van der Waals surface area contributed by atoms with Crippen LogP contribution < -0.4 is 5.32 Å². The molecular weight excluding hydrogens is 370 g/mol. The molecule has 0 unspecified atom stereocenters. The minimum absolute atomic E-state index is 0.0462. The molecule has 1 fully saturated rings. The zero-order valence-electron chi connectivity index (χ0n) is 15.0. The first-order valence-corrected chi connectivity index (χ1v) is 9.40. The van der Waals surface area contributed by atoms with E-state index in [0.717, 1.165) is 28.6 Å². The fourth-order valence-corrected chi connectivity index (χ4v) is 3.07. The van der Waals surface area contributed by atoms with Gasteiger partial charge in [0, 0.05) is 31.9 Å². The number of hydrogen-bond donors (Lipinski definition) is 1. The summed E-state index contributed by atoms with van der Waals surface area (Å²) < 4.78 is 4.84. The van der Waals surface area contributed by atoms with E-state index in [9.17, 15) is 19.2 Å². The standard InChI is InChI=1S/C18H21N3O5S/c1-2-3-6-16(23)26-12-15(22)20-8-9-21-17(24)14(27-18(21)25)10-13-5-4-7-19-11-13/h4-5,7,10-11H,2-3,6,8-9,12H2,1H3,(H,20,22)/b14-10-. The summed E-state index contributed by atoms with van der Waals surface area (Å²) in [5.41, 5.74) is 0.723. The Morgan fingerprint density at radius 3 is 2.89 bits per heavy atom. The van der Waals surface area contributed by atoms with Crippen LogP contribution in [0.4, 0.5) is 4.79 Å². The zero-order chi connectivity index (χ0) is 19.6. The number of unbranched alkanes of at least 4 members (excludes halogenated alkanes) is 1. The van der Waals surface area contributed by atoms with Crippen LogP contribution >= 0.6 is 11.8 Å². The Hall–Kier alpha value is -2.68. The molecule has 0 bridgehead atoms. The quantitative estimate of drug-likeness (QED) is 0.507. The third kappa shape index (κ3) is 6.52. The van der Waals surface area contributed by atoms with Crippen molar-refractivity contribution in [2.75, 3.05) is 19.7 Å². The van der Waals surface area contributed by atoms with E-state index in [0.29, 0.717) is 11.3 Å². The second kappa shape index (κ2) is 10.5. The van der Waals surface area contributed by atoms with Crippen molar-refractivity contribution in [2.24, 2.45) is 0 Å². The summed E-state index contributed by atoms with van der Waals surface area (Å²) in [5, 5.41) is 2.13. The van der Waals surface area contributed by atoms with Crippen LogP contribution in [0.3, 0.4) is 0 Å². The van der Waals surface area contributed by atoms with Gasteiger partial charge in [-0.25, -0.2) is 0 Å². The Kier molecular flexibility index (Phi) is 8.00. The fourth-order valence-electron chi connectivity index (χ4n) is 2.20. The van der Waals surface area contributed by atoms with Gasteiger partial charge in [0.2, 0.25) is 0 Å². The van der Waals surface area contributed by atoms with Gasteiger partial charge in [-0.15, -0.1) is 0 Å². The maximum absolute atomic E-state index is 12.3. The van der Waals surface area contributed by atoms with Crippen LogP contribution in [-0.4, -0.2) is 52.6 Å². The summed E-state index contributed by atoms with van der Waals surface area (Å²) >= 11 is 0.846. The molecule has 1 aliphatic rings. The van der Waals surface area contributed by atoms with Crippen molar-refractivity contribution in [2.45, 2.75) is 26.2 Å². The lowest BCUT2D eigenvalue weighted by Gasteiger charge is -2.13. The van der Waals surface area contributed by atoms with Crippen molar-refractivity contribution in [3.63, 3.8) is 0 Å². The monoisotopic (exact) mass is 391 g/mol. The van der Waals surface area contributed by atoms with E-state index in [1.807, 2.05) is 6.92 Å². The summed E-state index contributed by atoms with van der Waals surface area (Å²) in [6, 6.07) is 3.52. The lowest BCUT2D eigenvalue weighted by atomic mass is 10.2. The van der Waals surface area contributed by atoms with Gasteiger partial charge in [0.1, 0.15) is 0 Å². The van der Waals surface area contributed by atoms with Gasteiger partial charge in [-0.3, -0.25) is 29.1 Å². The predicted octanol–water partition coefficient (Wildman–Crippen LogP) is 1.97. The van der Waals surface area contributed by atoms with E-state index in [-0.39, 0.29) is 26.1 Å². The molecule has 0 saturated carbocycles. The molecule has 1 saturated heterocycles. The highest BCUT2D eigenvalue weighted by atomic mass is 32.2. The van der Waals surface area contributed by atoms with E-state index in [4.69, 9.17) is 4.74 Å². The number of aromatic nitrogens is 1. The average Bonchev–Trinajstić information content (AvgIpc) is 2.92. The first-order valence-electron chi connectivity index (χ1n) is 8.59. The van der Waals surface area contributed by atoms with E-state index >= 15 is 0 Å². The molecule has 1 aliphatic heterocycles. The Morgan fingerprint density at radius 1 is 1.37 bits per heavy atom. The van der Waals surface area contributed by atoms with E-state index in [1.165, 1.54) is 0 Å². The number of carbonyl (C=O) groups excluding carboxylic acids is 4. The molecule has 1 aromatic rings. The van der Waals surface area contributed by atoms with Crippen LogP contribution in [0.2, 0.25) is 0 Å². The lowest BCUT2D eigenvalue weighted by molar-refractivity contribution is -0.148. The Labute approximate surface area is 161 Å². The molecule has 8 nitrogen and oxygen atoms in total. The molecule has 2 rings (SSSR count). The first-order chi connectivity index (χ1) is 13.0. The highest BCUT2D eigenvalue weighted by molar-refractivity contribution is 8.18. The third-order valence-electron chi connectivity index (χ3n) is 3.61. The Bertz CT molecular complexity index is 736. The van der Waals surface area contributed by atoms with Crippen LogP contribution in [-0.2, 0) is 19.1 Å². The number of nitrogens with one attached hydrogen (secondary N) is 1. The van der Waals surface area contributed by atoms with Crippen LogP contribution in [0, 0.1) is 0 Å². The van der Waals surface area contributed by atoms with Gasteiger partial charge >= 0.3 is 5.97 Å². The van der Waals surface area contributed by atoms with Crippen LogP contribution in [0.15, 0.2) is 29.4 Å². The van der Waals surface area contributed by atoms with E-state index < -0.39 is 23.0 Å². The van der Waals surface area contributed by atoms with Gasteiger partial charge in [0.25, 0.3) is 17.1 Å². The molecule has 2 heterocycles. The van der Waals surface area contributed by atoms with Gasteiger partial charge in [0.15, 0.2) is 6.61 Å². The van der Waals surface area contributed by atoms with Gasteiger partial charge < -0.3 is 10.1 Å². The minimum atomic E-state index is -0.474. The number of amides is 3. The predicted molar refractivity (Wildman–Crippen MR) is 100 cm³/mol. The fraction of sp³-hybridized carbons (Fsp3) is 0.389. The van der Waals surface area contributed by atoms with Crippen LogP contribution in [0.5, 0.6) is 0 Å². The number of esters is 1. The van der Waals surface area contributed by atoms with Gasteiger partial charge in [0.05, 0.1) is 4.91 Å². The molecular formula is C18H21N3O5S. The molecule has 0 spiro atoms. The maximum atomic E-state index is 12.3. The van der Waals surface area contributed by atoms with Crippen LogP contribution in [0.1, 0.15) is 31.7 Å². The molecule has 0 aromatic carbocycles. The SMILES string of the molecule is CCCCC(=O)OCC(=O)NCCN1C(=O)S/C(=C\c2cccnc2)C1=O. The summed E-state index contributed by atoms with van der Waals surface area (Å²) in [4.78, 5) is 52.7. The second-order valence-electron chi connectivity index (χ2n) is 5.73. The van der Waals surface area contributed by atoms with Gasteiger partial charge in [-0.1, -0.05) is 19.4 Å². The average molecular weight is 391 g/mol. The Balaban J connectivity index is 1.76. The summed E-state index contributed by atoms with van der Waals surface area (Å²) in [6.07, 6.45) is 6.68. The highest BCUT2D eigenvalue weighted by Gasteiger charge is 2.34. The van der Waals surface area contributed by atoms with Crippen LogP contribution in [0.25, 0.3) is 6.08 Å². The number of carbonyl (C=O) groups is 4. The number of rotatable bonds is 9. The topological polar surface area (TPSA) is 106 Å². The summed E-state index contributed by atoms with van der Waals surface area (Å²) in [5.74, 6) is -1.30. The molecule has 0 aliphatic carbocycles. The summed E-state index contributed by atoms with van der Waals surface area (Å²) in [7, 11) is 0. The van der Waals surface area contributed by atoms with Gasteiger partial charge in [-0.2, -0.15) is 0 Å². The van der Waals surface area contributed by atoms with Crippen molar-refractivity contribution in [3.05, 3.63) is 35.0 Å². The molecule has 144 valence electrons. The first kappa shape index (κ1) is 20.6. The van der Waals surface area contributed by atoms with Crippen molar-refractivity contribution in [1.29, 1.82) is 0 Å². The molecule has 9 heteroatoms.